The van der Waals surface area contributed by atoms with Crippen LogP contribution in [0.3, 0.4) is 0 Å². The van der Waals surface area contributed by atoms with E-state index in [4.69, 9.17) is 16.9 Å². The fourth-order valence-electron chi connectivity index (χ4n) is 1.24. The second kappa shape index (κ2) is 4.60. The minimum Gasteiger partial charge on any atom is -0.352 e. The van der Waals surface area contributed by atoms with Crippen molar-refractivity contribution >= 4 is 23.0 Å². The van der Waals surface area contributed by atoms with Crippen molar-refractivity contribution in [3.63, 3.8) is 0 Å². The van der Waals surface area contributed by atoms with E-state index in [0.29, 0.717) is 22.0 Å². The Morgan fingerprint density at radius 1 is 1.25 bits per heavy atom. The van der Waals surface area contributed by atoms with Gasteiger partial charge in [0.25, 0.3) is 0 Å². The highest BCUT2D eigenvalue weighted by atomic mass is 35.5. The molecule has 0 aliphatic heterocycles. The average molecular weight is 231 g/mol. The van der Waals surface area contributed by atoms with Crippen LogP contribution in [0.4, 0.5) is 11.4 Å². The van der Waals surface area contributed by atoms with Crippen molar-refractivity contribution in [2.45, 2.75) is 0 Å². The number of nitriles is 1. The number of hydrogen-bond acceptors (Lipinski definition) is 4. The van der Waals surface area contributed by atoms with Crippen molar-refractivity contribution in [1.29, 1.82) is 5.26 Å². The molecule has 0 fully saturated rings. The summed E-state index contributed by atoms with van der Waals surface area (Å²) in [5, 5.41) is 12.5. The van der Waals surface area contributed by atoms with Crippen molar-refractivity contribution in [2.24, 2.45) is 0 Å². The lowest BCUT2D eigenvalue weighted by molar-refractivity contribution is 1.17. The first-order chi connectivity index (χ1) is 7.79. The molecule has 0 aliphatic carbocycles. The molecular weight excluding hydrogens is 224 g/mol. The normalized spacial score (nSPS) is 9.50. The number of rotatable bonds is 2. The van der Waals surface area contributed by atoms with E-state index in [1.165, 1.54) is 6.33 Å². The molecule has 0 spiro atoms. The van der Waals surface area contributed by atoms with Gasteiger partial charge in [0.2, 0.25) is 0 Å². The van der Waals surface area contributed by atoms with Crippen LogP contribution in [-0.2, 0) is 0 Å². The smallest absolute Gasteiger partial charge is 0.115 e. The third-order valence-electron chi connectivity index (χ3n) is 1.94. The van der Waals surface area contributed by atoms with Gasteiger partial charge in [-0.25, -0.2) is 9.97 Å². The maximum atomic E-state index is 8.92. The number of hydrogen-bond donors (Lipinski definition) is 1. The molecule has 4 nitrogen and oxygen atoms in total. The third-order valence-corrected chi connectivity index (χ3v) is 2.18. The van der Waals surface area contributed by atoms with Crippen LogP contribution in [0.2, 0.25) is 5.02 Å². The Hall–Kier alpha value is -2.12. The van der Waals surface area contributed by atoms with Gasteiger partial charge in [0, 0.05) is 5.02 Å². The molecule has 0 bridgehead atoms. The Morgan fingerprint density at radius 3 is 2.69 bits per heavy atom. The molecule has 5 heteroatoms. The van der Waals surface area contributed by atoms with Crippen LogP contribution in [0, 0.1) is 11.3 Å². The maximum absolute atomic E-state index is 8.92. The topological polar surface area (TPSA) is 61.6 Å². The predicted molar refractivity (Wildman–Crippen MR) is 61.5 cm³/mol. The fourth-order valence-corrected chi connectivity index (χ4v) is 1.41. The molecule has 1 N–H and O–H groups in total. The van der Waals surface area contributed by atoms with E-state index in [1.807, 2.05) is 0 Å². The molecule has 0 saturated heterocycles. The Labute approximate surface area is 97.5 Å². The number of anilines is 2. The van der Waals surface area contributed by atoms with Gasteiger partial charge in [-0.15, -0.1) is 0 Å². The number of benzene rings is 1. The van der Waals surface area contributed by atoms with E-state index < -0.39 is 0 Å². The molecule has 2 rings (SSSR count). The molecule has 0 amide bonds. The van der Waals surface area contributed by atoms with Crippen LogP contribution in [0.25, 0.3) is 0 Å². The zero-order valence-electron chi connectivity index (χ0n) is 8.18. The van der Waals surface area contributed by atoms with Crippen molar-refractivity contribution in [2.75, 3.05) is 5.32 Å². The van der Waals surface area contributed by atoms with Crippen molar-refractivity contribution in [3.05, 3.63) is 47.5 Å². The summed E-state index contributed by atoms with van der Waals surface area (Å²) in [6.07, 6.45) is 4.68. The van der Waals surface area contributed by atoms with Gasteiger partial charge in [0.1, 0.15) is 12.4 Å². The van der Waals surface area contributed by atoms with Crippen molar-refractivity contribution in [3.8, 4) is 6.07 Å². The Kier molecular flexibility index (Phi) is 2.99. The molecule has 16 heavy (non-hydrogen) atoms. The molecule has 0 aliphatic rings. The average Bonchev–Trinajstić information content (AvgIpc) is 2.31. The van der Waals surface area contributed by atoms with Gasteiger partial charge in [-0.3, -0.25) is 0 Å². The summed E-state index contributed by atoms with van der Waals surface area (Å²) in [5.74, 6) is 0. The van der Waals surface area contributed by atoms with E-state index in [-0.39, 0.29) is 0 Å². The van der Waals surface area contributed by atoms with Gasteiger partial charge in [-0.1, -0.05) is 11.6 Å². The molecule has 0 unspecified atom stereocenters. The second-order valence-electron chi connectivity index (χ2n) is 3.05. The lowest BCUT2D eigenvalue weighted by Gasteiger charge is -2.07. The van der Waals surface area contributed by atoms with E-state index in [2.05, 4.69) is 21.4 Å². The lowest BCUT2D eigenvalue weighted by atomic mass is 10.2. The summed E-state index contributed by atoms with van der Waals surface area (Å²) in [6.45, 7) is 0. The van der Waals surface area contributed by atoms with Gasteiger partial charge < -0.3 is 5.32 Å². The van der Waals surface area contributed by atoms with Crippen LogP contribution in [0.5, 0.6) is 0 Å². The molecular formula is C11H7ClN4. The highest BCUT2D eigenvalue weighted by Gasteiger charge is 2.03. The Bertz CT molecular complexity index is 533. The zero-order chi connectivity index (χ0) is 11.4. The number of nitrogens with zero attached hydrogens (tertiary/aromatic N) is 3. The standard InChI is InChI=1S/C11H7ClN4/c12-9-2-1-8(4-13)11(3-9)16-10-5-14-7-15-6-10/h1-3,5-7,16H. The SMILES string of the molecule is N#Cc1ccc(Cl)cc1Nc1cncnc1. The Balaban J connectivity index is 2.35. The summed E-state index contributed by atoms with van der Waals surface area (Å²) in [7, 11) is 0. The molecule has 1 aromatic carbocycles. The first-order valence-electron chi connectivity index (χ1n) is 4.51. The third kappa shape index (κ3) is 2.27. The molecule has 0 atom stereocenters. The molecule has 1 heterocycles. The minimum atomic E-state index is 0.522. The van der Waals surface area contributed by atoms with Gasteiger partial charge in [-0.05, 0) is 18.2 Å². The van der Waals surface area contributed by atoms with Crippen molar-refractivity contribution in [1.82, 2.24) is 9.97 Å². The lowest BCUT2D eigenvalue weighted by Crippen LogP contribution is -1.94. The monoisotopic (exact) mass is 230 g/mol. The largest absolute Gasteiger partial charge is 0.352 e. The molecule has 2 aromatic rings. The van der Waals surface area contributed by atoms with E-state index in [1.54, 1.807) is 30.6 Å². The zero-order valence-corrected chi connectivity index (χ0v) is 8.94. The number of aromatic nitrogens is 2. The highest BCUT2D eigenvalue weighted by molar-refractivity contribution is 6.30. The number of nitrogens with one attached hydrogen (secondary N) is 1. The summed E-state index contributed by atoms with van der Waals surface area (Å²) in [4.78, 5) is 7.74. The molecule has 78 valence electrons. The highest BCUT2D eigenvalue weighted by Crippen LogP contribution is 2.23. The van der Waals surface area contributed by atoms with Crippen LogP contribution >= 0.6 is 11.6 Å². The van der Waals surface area contributed by atoms with E-state index in [0.717, 1.165) is 0 Å². The van der Waals surface area contributed by atoms with Gasteiger partial charge in [0.05, 0.1) is 29.3 Å². The Morgan fingerprint density at radius 2 is 2.00 bits per heavy atom. The number of halogens is 1. The van der Waals surface area contributed by atoms with Crippen LogP contribution in [0.15, 0.2) is 36.9 Å². The van der Waals surface area contributed by atoms with Crippen molar-refractivity contribution < 1.29 is 0 Å². The quantitative estimate of drug-likeness (QED) is 0.862. The molecule has 0 saturated carbocycles. The maximum Gasteiger partial charge on any atom is 0.115 e. The van der Waals surface area contributed by atoms with E-state index in [9.17, 15) is 0 Å². The van der Waals surface area contributed by atoms with Gasteiger partial charge in [0.15, 0.2) is 0 Å². The van der Waals surface area contributed by atoms with Gasteiger partial charge >= 0.3 is 0 Å². The summed E-state index contributed by atoms with van der Waals surface area (Å²) in [6, 6.07) is 7.10. The molecule has 1 aromatic heterocycles. The summed E-state index contributed by atoms with van der Waals surface area (Å²) in [5.41, 5.74) is 1.87. The predicted octanol–water partition coefficient (Wildman–Crippen LogP) is 2.75. The van der Waals surface area contributed by atoms with Crippen LogP contribution in [-0.4, -0.2) is 9.97 Å². The summed E-state index contributed by atoms with van der Waals surface area (Å²) < 4.78 is 0. The first kappa shape index (κ1) is 10.4. The molecule has 0 radical (unpaired) electrons. The minimum absolute atomic E-state index is 0.522. The fraction of sp³-hybridized carbons (Fsp3) is 0. The first-order valence-corrected chi connectivity index (χ1v) is 4.89. The van der Waals surface area contributed by atoms with E-state index >= 15 is 0 Å². The van der Waals surface area contributed by atoms with Crippen LogP contribution in [0.1, 0.15) is 5.56 Å². The van der Waals surface area contributed by atoms with Crippen LogP contribution < -0.4 is 5.32 Å². The summed E-state index contributed by atoms with van der Waals surface area (Å²) >= 11 is 5.86. The van der Waals surface area contributed by atoms with Gasteiger partial charge in [-0.2, -0.15) is 5.26 Å². The second-order valence-corrected chi connectivity index (χ2v) is 3.49.